The Kier molecular flexibility index (Phi) is 9.66. The molecule has 0 unspecified atom stereocenters. The van der Waals surface area contributed by atoms with Crippen molar-refractivity contribution in [1.29, 1.82) is 0 Å². The third-order valence-electron chi connectivity index (χ3n) is 4.11. The van der Waals surface area contributed by atoms with Gasteiger partial charge in [-0.1, -0.05) is 29.3 Å². The smallest absolute Gasteiger partial charge is 0.259 e. The number of carbonyl (C=O) groups excluding carboxylic acids is 1. The van der Waals surface area contributed by atoms with Gasteiger partial charge in [0.15, 0.2) is 0 Å². The Morgan fingerprint density at radius 2 is 1.75 bits per heavy atom. The maximum Gasteiger partial charge on any atom is 0.259 e. The minimum absolute atomic E-state index is 0.116. The van der Waals surface area contributed by atoms with Crippen LogP contribution in [0.25, 0.3) is 0 Å². The first kappa shape index (κ1) is 25.3. The van der Waals surface area contributed by atoms with Crippen LogP contribution < -0.4 is 15.5 Å². The molecule has 0 bridgehead atoms. The van der Waals surface area contributed by atoms with Gasteiger partial charge in [-0.3, -0.25) is 4.79 Å². The van der Waals surface area contributed by atoms with E-state index in [0.717, 1.165) is 29.3 Å². The van der Waals surface area contributed by atoms with Crippen LogP contribution in [0.5, 0.6) is 5.75 Å². The van der Waals surface area contributed by atoms with Crippen LogP contribution in [0.15, 0.2) is 68.6 Å². The van der Waals surface area contributed by atoms with Gasteiger partial charge < -0.3 is 10.1 Å². The molecule has 3 rings (SSSR count). The molecule has 0 heterocycles. The lowest BCUT2D eigenvalue weighted by Crippen LogP contribution is -2.25. The SMILES string of the molecule is O=C(CNc1ccc(I)cc1)N/N=C\c1cc(Br)c(OCc2ccc(Cl)cc2Cl)c(Br)c1. The van der Waals surface area contributed by atoms with E-state index in [4.69, 9.17) is 27.9 Å². The lowest BCUT2D eigenvalue weighted by molar-refractivity contribution is -0.119. The first-order valence-corrected chi connectivity index (χ1v) is 12.6. The highest BCUT2D eigenvalue weighted by molar-refractivity contribution is 14.1. The van der Waals surface area contributed by atoms with Gasteiger partial charge in [-0.15, -0.1) is 0 Å². The number of rotatable bonds is 8. The highest BCUT2D eigenvalue weighted by Crippen LogP contribution is 2.35. The molecule has 5 nitrogen and oxygen atoms in total. The van der Waals surface area contributed by atoms with Crippen LogP contribution in [-0.4, -0.2) is 18.7 Å². The molecule has 32 heavy (non-hydrogen) atoms. The molecule has 1 amide bonds. The van der Waals surface area contributed by atoms with E-state index >= 15 is 0 Å². The number of hydrogen-bond donors (Lipinski definition) is 2. The number of carbonyl (C=O) groups is 1. The second-order valence-electron chi connectivity index (χ2n) is 6.49. The quantitative estimate of drug-likeness (QED) is 0.147. The maximum atomic E-state index is 12.0. The zero-order valence-corrected chi connectivity index (χ0v) is 23.2. The van der Waals surface area contributed by atoms with Gasteiger partial charge in [0.05, 0.1) is 21.7 Å². The summed E-state index contributed by atoms with van der Waals surface area (Å²) in [4.78, 5) is 12.0. The fraction of sp³-hybridized carbons (Fsp3) is 0.0909. The lowest BCUT2D eigenvalue weighted by Gasteiger charge is -2.12. The van der Waals surface area contributed by atoms with Crippen LogP contribution in [0.4, 0.5) is 5.69 Å². The largest absolute Gasteiger partial charge is 0.486 e. The number of halogens is 5. The molecule has 0 aliphatic heterocycles. The summed E-state index contributed by atoms with van der Waals surface area (Å²) in [7, 11) is 0. The Hall–Kier alpha value is -1.33. The number of nitrogens with one attached hydrogen (secondary N) is 2. The molecule has 10 heteroatoms. The van der Waals surface area contributed by atoms with Crippen molar-refractivity contribution >= 4 is 95.5 Å². The Labute approximate surface area is 226 Å². The summed E-state index contributed by atoms with van der Waals surface area (Å²) in [5, 5.41) is 8.17. The van der Waals surface area contributed by atoms with Crippen molar-refractivity contribution in [1.82, 2.24) is 5.43 Å². The summed E-state index contributed by atoms with van der Waals surface area (Å²) in [6.45, 7) is 0.398. The molecule has 0 aliphatic carbocycles. The number of amides is 1. The third kappa shape index (κ3) is 7.62. The Morgan fingerprint density at radius 1 is 1.06 bits per heavy atom. The molecule has 0 radical (unpaired) electrons. The molecule has 0 aromatic heterocycles. The van der Waals surface area contributed by atoms with Crippen LogP contribution in [0.3, 0.4) is 0 Å². The molecule has 0 spiro atoms. The predicted molar refractivity (Wildman–Crippen MR) is 146 cm³/mol. The van der Waals surface area contributed by atoms with E-state index in [9.17, 15) is 4.79 Å². The highest BCUT2D eigenvalue weighted by Gasteiger charge is 2.10. The summed E-state index contributed by atoms with van der Waals surface area (Å²) in [5.41, 5.74) is 4.96. The fourth-order valence-electron chi connectivity index (χ4n) is 2.55. The molecule has 0 saturated carbocycles. The predicted octanol–water partition coefficient (Wildman–Crippen LogP) is 7.26. The van der Waals surface area contributed by atoms with E-state index < -0.39 is 0 Å². The second kappa shape index (κ2) is 12.2. The number of benzene rings is 3. The van der Waals surface area contributed by atoms with E-state index in [2.05, 4.69) is 70.3 Å². The molecule has 2 N–H and O–H groups in total. The minimum Gasteiger partial charge on any atom is -0.486 e. The van der Waals surface area contributed by atoms with Crippen molar-refractivity contribution in [3.8, 4) is 5.75 Å². The zero-order chi connectivity index (χ0) is 23.1. The van der Waals surface area contributed by atoms with E-state index in [0.29, 0.717) is 15.8 Å². The van der Waals surface area contributed by atoms with Crippen LogP contribution in [0, 0.1) is 3.57 Å². The summed E-state index contributed by atoms with van der Waals surface area (Å²) in [5.74, 6) is 0.372. The zero-order valence-electron chi connectivity index (χ0n) is 16.3. The Bertz CT molecular complexity index is 1120. The first-order chi connectivity index (χ1) is 15.3. The molecule has 3 aromatic rings. The van der Waals surface area contributed by atoms with Crippen LogP contribution in [-0.2, 0) is 11.4 Å². The van der Waals surface area contributed by atoms with Gasteiger partial charge in [0, 0.05) is 24.9 Å². The Morgan fingerprint density at radius 3 is 2.41 bits per heavy atom. The van der Waals surface area contributed by atoms with Gasteiger partial charge in [-0.05, 0) is 109 Å². The van der Waals surface area contributed by atoms with E-state index in [1.165, 1.54) is 0 Å². The summed E-state index contributed by atoms with van der Waals surface area (Å²) in [6.07, 6.45) is 1.55. The van der Waals surface area contributed by atoms with E-state index in [1.807, 2.05) is 42.5 Å². The molecular weight excluding hydrogens is 696 g/mol. The molecule has 3 aromatic carbocycles. The van der Waals surface area contributed by atoms with E-state index in [-0.39, 0.29) is 19.1 Å². The summed E-state index contributed by atoms with van der Waals surface area (Å²) < 4.78 is 8.49. The molecule has 0 fully saturated rings. The van der Waals surface area contributed by atoms with Gasteiger partial charge in [0.2, 0.25) is 0 Å². The molecular formula is C22H16Br2Cl2IN3O2. The minimum atomic E-state index is -0.252. The number of hydrazone groups is 1. The highest BCUT2D eigenvalue weighted by atomic mass is 127. The topological polar surface area (TPSA) is 62.7 Å². The molecule has 0 saturated heterocycles. The number of nitrogens with zero attached hydrogens (tertiary/aromatic N) is 1. The van der Waals surface area contributed by atoms with Crippen LogP contribution in [0.1, 0.15) is 11.1 Å². The number of anilines is 1. The molecule has 0 atom stereocenters. The van der Waals surface area contributed by atoms with Crippen molar-refractivity contribution in [2.75, 3.05) is 11.9 Å². The van der Waals surface area contributed by atoms with Crippen molar-refractivity contribution in [2.45, 2.75) is 6.61 Å². The van der Waals surface area contributed by atoms with Crippen LogP contribution >= 0.6 is 77.7 Å². The Balaban J connectivity index is 1.55. The van der Waals surface area contributed by atoms with Gasteiger partial charge in [0.25, 0.3) is 5.91 Å². The van der Waals surface area contributed by atoms with Crippen molar-refractivity contribution in [3.05, 3.63) is 88.3 Å². The maximum absolute atomic E-state index is 12.0. The second-order valence-corrected chi connectivity index (χ2v) is 10.3. The summed E-state index contributed by atoms with van der Waals surface area (Å²) >= 11 is 21.4. The van der Waals surface area contributed by atoms with Gasteiger partial charge >= 0.3 is 0 Å². The monoisotopic (exact) mass is 709 g/mol. The molecule has 166 valence electrons. The number of hydrogen-bond acceptors (Lipinski definition) is 4. The average Bonchev–Trinajstić information content (AvgIpc) is 2.74. The van der Waals surface area contributed by atoms with Gasteiger partial charge in [-0.25, -0.2) is 5.43 Å². The van der Waals surface area contributed by atoms with Crippen molar-refractivity contribution in [3.63, 3.8) is 0 Å². The number of ether oxygens (including phenoxy) is 1. The first-order valence-electron chi connectivity index (χ1n) is 9.19. The third-order valence-corrected chi connectivity index (χ3v) is 6.59. The van der Waals surface area contributed by atoms with Gasteiger partial charge in [-0.2, -0.15) is 5.10 Å². The van der Waals surface area contributed by atoms with Crippen molar-refractivity contribution in [2.24, 2.45) is 5.10 Å². The lowest BCUT2D eigenvalue weighted by atomic mass is 10.2. The standard InChI is InChI=1S/C22H16Br2Cl2IN3O2/c23-18-7-13(10-29-30-21(31)11-28-17-5-3-16(27)4-6-17)8-19(24)22(18)32-12-14-1-2-15(25)9-20(14)26/h1-10,28H,11-12H2,(H,30,31)/b29-10-. The van der Waals surface area contributed by atoms with Crippen LogP contribution in [0.2, 0.25) is 10.0 Å². The van der Waals surface area contributed by atoms with Gasteiger partial charge in [0.1, 0.15) is 12.4 Å². The van der Waals surface area contributed by atoms with Crippen molar-refractivity contribution < 1.29 is 9.53 Å². The summed E-state index contributed by atoms with van der Waals surface area (Å²) in [6, 6.07) is 16.7. The van der Waals surface area contributed by atoms with E-state index in [1.54, 1.807) is 18.3 Å². The molecule has 0 aliphatic rings. The normalized spacial score (nSPS) is 10.9. The fourth-order valence-corrected chi connectivity index (χ4v) is 4.82. The average molecular weight is 712 g/mol.